The van der Waals surface area contributed by atoms with Crippen LogP contribution in [0.4, 0.5) is 0 Å². The summed E-state index contributed by atoms with van der Waals surface area (Å²) in [4.78, 5) is 4.62. The van der Waals surface area contributed by atoms with Gasteiger partial charge in [0.15, 0.2) is 14.6 Å². The maximum atomic E-state index is 6.39. The summed E-state index contributed by atoms with van der Waals surface area (Å²) in [6, 6.07) is 18.8. The Hall–Kier alpha value is -2.49. The van der Waals surface area contributed by atoms with Gasteiger partial charge in [-0.3, -0.25) is 4.98 Å². The van der Waals surface area contributed by atoms with Crippen molar-refractivity contribution in [3.63, 3.8) is 0 Å². The number of benzene rings is 2. The quantitative estimate of drug-likeness (QED) is 0.185. The van der Waals surface area contributed by atoms with E-state index in [2.05, 4.69) is 105 Å². The van der Waals surface area contributed by atoms with Crippen molar-refractivity contribution in [3.05, 3.63) is 77.6 Å². The fraction of sp³-hybridized carbons (Fsp3) is 0.433. The highest BCUT2D eigenvalue weighted by atomic mass is 28.4. The van der Waals surface area contributed by atoms with Gasteiger partial charge in [-0.05, 0) is 61.1 Å². The van der Waals surface area contributed by atoms with Crippen molar-refractivity contribution < 1.29 is 13.9 Å². The van der Waals surface area contributed by atoms with Crippen molar-refractivity contribution in [3.8, 4) is 11.8 Å². The number of fused-ring (bicyclic) bond motifs is 1. The van der Waals surface area contributed by atoms with Crippen molar-refractivity contribution in [1.82, 2.24) is 4.98 Å². The second-order valence-electron chi connectivity index (χ2n) is 10.3. The van der Waals surface area contributed by atoms with Crippen molar-refractivity contribution in [2.24, 2.45) is 0 Å². The fourth-order valence-corrected chi connectivity index (χ4v) is 4.51. The van der Waals surface area contributed by atoms with E-state index in [0.29, 0.717) is 13.2 Å². The number of rotatable bonds is 9. The first kappa shape index (κ1) is 27.1. The molecule has 0 fully saturated rings. The van der Waals surface area contributed by atoms with E-state index < -0.39 is 8.32 Å². The molecule has 0 saturated heterocycles. The fourth-order valence-electron chi connectivity index (χ4n) is 3.51. The summed E-state index contributed by atoms with van der Waals surface area (Å²) in [7, 11) is -1.90. The van der Waals surface area contributed by atoms with Crippen molar-refractivity contribution in [2.45, 2.75) is 71.6 Å². The van der Waals surface area contributed by atoms with E-state index in [9.17, 15) is 0 Å². The Morgan fingerprint density at radius 2 is 1.71 bits per heavy atom. The Bertz CT molecular complexity index is 1150. The molecule has 0 radical (unpaired) electrons. The Morgan fingerprint density at radius 1 is 1.00 bits per heavy atom. The van der Waals surface area contributed by atoms with E-state index in [1.807, 2.05) is 20.0 Å². The van der Waals surface area contributed by atoms with Gasteiger partial charge in [-0.25, -0.2) is 0 Å². The largest absolute Gasteiger partial charge is 0.413 e. The zero-order valence-electron chi connectivity index (χ0n) is 22.2. The molecule has 1 aromatic heterocycles. The van der Waals surface area contributed by atoms with Gasteiger partial charge in [0.25, 0.3) is 0 Å². The van der Waals surface area contributed by atoms with Crippen molar-refractivity contribution >= 4 is 19.1 Å². The summed E-state index contributed by atoms with van der Waals surface area (Å²) >= 11 is 0. The minimum absolute atomic E-state index is 0.130. The van der Waals surface area contributed by atoms with Gasteiger partial charge in [0, 0.05) is 30.2 Å². The van der Waals surface area contributed by atoms with Crippen LogP contribution in [0, 0.1) is 11.8 Å². The monoisotopic (exact) mass is 489 g/mol. The summed E-state index contributed by atoms with van der Waals surface area (Å²) in [5, 5.41) is 2.54. The molecule has 0 N–H and O–H groups in total. The molecule has 35 heavy (non-hydrogen) atoms. The molecular formula is C30H39NO3Si. The van der Waals surface area contributed by atoms with E-state index in [-0.39, 0.29) is 17.4 Å². The number of pyridine rings is 1. The maximum absolute atomic E-state index is 6.39. The van der Waals surface area contributed by atoms with E-state index in [1.54, 1.807) is 0 Å². The predicted molar refractivity (Wildman–Crippen MR) is 147 cm³/mol. The normalized spacial score (nSPS) is 13.8. The summed E-state index contributed by atoms with van der Waals surface area (Å²) in [5.41, 5.74) is 3.24. The summed E-state index contributed by atoms with van der Waals surface area (Å²) in [6.07, 6.45) is 1.97. The molecule has 0 aliphatic rings. The molecule has 2 aromatic carbocycles. The molecule has 5 heteroatoms. The van der Waals surface area contributed by atoms with Gasteiger partial charge < -0.3 is 13.9 Å². The van der Waals surface area contributed by atoms with Crippen molar-refractivity contribution in [1.29, 1.82) is 0 Å². The van der Waals surface area contributed by atoms with E-state index >= 15 is 0 Å². The standard InChI is InChI=1S/C30H39NO3Si/c1-8-32-23(2)34-27(22-33-35(6,7)30(3,4)5)18-17-24-13-15-25(16-14-24)21-29-28-12-10-9-11-26(28)19-20-31-29/h9-16,19-20,23,27H,8,21-22H2,1-7H3. The van der Waals surface area contributed by atoms with Crippen LogP contribution in [0.1, 0.15) is 51.4 Å². The summed E-state index contributed by atoms with van der Waals surface area (Å²) in [5.74, 6) is 6.55. The van der Waals surface area contributed by atoms with Crippen LogP contribution in [-0.2, 0) is 20.3 Å². The maximum Gasteiger partial charge on any atom is 0.192 e. The first-order valence-electron chi connectivity index (χ1n) is 12.4. The highest BCUT2D eigenvalue weighted by molar-refractivity contribution is 6.74. The Balaban J connectivity index is 1.72. The van der Waals surface area contributed by atoms with Crippen molar-refractivity contribution in [2.75, 3.05) is 13.2 Å². The van der Waals surface area contributed by atoms with Gasteiger partial charge in [-0.2, -0.15) is 0 Å². The van der Waals surface area contributed by atoms with Crippen LogP contribution >= 0.6 is 0 Å². The molecule has 3 rings (SSSR count). The molecule has 0 spiro atoms. The second-order valence-corrected chi connectivity index (χ2v) is 15.2. The first-order chi connectivity index (χ1) is 16.6. The molecule has 0 bridgehead atoms. The summed E-state index contributed by atoms with van der Waals surface area (Å²) < 4.78 is 18.0. The van der Waals surface area contributed by atoms with Crippen LogP contribution in [0.2, 0.25) is 18.1 Å². The van der Waals surface area contributed by atoms with E-state index in [0.717, 1.165) is 17.7 Å². The summed E-state index contributed by atoms with van der Waals surface area (Å²) in [6.45, 7) is 16.1. The van der Waals surface area contributed by atoms with E-state index in [1.165, 1.54) is 16.3 Å². The molecule has 2 atom stereocenters. The van der Waals surface area contributed by atoms with Crippen LogP contribution in [-0.4, -0.2) is 38.9 Å². The Labute approximate surface area is 212 Å². The molecular weight excluding hydrogens is 450 g/mol. The molecule has 4 nitrogen and oxygen atoms in total. The Kier molecular flexibility index (Phi) is 9.26. The molecule has 186 valence electrons. The number of ether oxygens (including phenoxy) is 2. The zero-order chi connectivity index (χ0) is 25.5. The second kappa shape index (κ2) is 12.0. The number of nitrogens with zero attached hydrogens (tertiary/aromatic N) is 1. The lowest BCUT2D eigenvalue weighted by Gasteiger charge is -2.36. The number of hydrogen-bond acceptors (Lipinski definition) is 4. The number of hydrogen-bond donors (Lipinski definition) is 0. The highest BCUT2D eigenvalue weighted by Gasteiger charge is 2.37. The third-order valence-corrected chi connectivity index (χ3v) is 11.1. The molecule has 3 aromatic rings. The third kappa shape index (κ3) is 7.75. The average Bonchev–Trinajstić information content (AvgIpc) is 2.81. The van der Waals surface area contributed by atoms with Crippen LogP contribution in [0.25, 0.3) is 10.8 Å². The van der Waals surface area contributed by atoms with Crippen LogP contribution in [0.5, 0.6) is 0 Å². The minimum Gasteiger partial charge on any atom is -0.413 e. The predicted octanol–water partition coefficient (Wildman–Crippen LogP) is 6.97. The molecule has 2 unspecified atom stereocenters. The van der Waals surface area contributed by atoms with Gasteiger partial charge >= 0.3 is 0 Å². The van der Waals surface area contributed by atoms with Gasteiger partial charge in [-0.1, -0.05) is 69.0 Å². The van der Waals surface area contributed by atoms with Gasteiger partial charge in [0.2, 0.25) is 0 Å². The highest BCUT2D eigenvalue weighted by Crippen LogP contribution is 2.36. The molecule has 0 amide bonds. The SMILES string of the molecule is CCOC(C)OC(C#Cc1ccc(Cc2nccc3ccccc23)cc1)CO[Si](C)(C)C(C)(C)C. The molecule has 1 heterocycles. The smallest absolute Gasteiger partial charge is 0.192 e. The lowest BCUT2D eigenvalue weighted by Crippen LogP contribution is -2.43. The third-order valence-electron chi connectivity index (χ3n) is 6.62. The van der Waals surface area contributed by atoms with Crippen LogP contribution in [0.15, 0.2) is 60.8 Å². The topological polar surface area (TPSA) is 40.6 Å². The average molecular weight is 490 g/mol. The van der Waals surface area contributed by atoms with Gasteiger partial charge in [0.05, 0.1) is 12.3 Å². The molecule has 0 aliphatic carbocycles. The van der Waals surface area contributed by atoms with Crippen LogP contribution in [0.3, 0.4) is 0 Å². The van der Waals surface area contributed by atoms with Gasteiger partial charge in [0.1, 0.15) is 6.10 Å². The molecule has 0 saturated carbocycles. The lowest BCUT2D eigenvalue weighted by atomic mass is 10.0. The van der Waals surface area contributed by atoms with E-state index in [4.69, 9.17) is 13.9 Å². The first-order valence-corrected chi connectivity index (χ1v) is 15.3. The lowest BCUT2D eigenvalue weighted by molar-refractivity contribution is -0.149. The Morgan fingerprint density at radius 3 is 2.40 bits per heavy atom. The van der Waals surface area contributed by atoms with Gasteiger partial charge in [-0.15, -0.1) is 0 Å². The molecule has 0 aliphatic heterocycles. The number of aromatic nitrogens is 1. The van der Waals surface area contributed by atoms with Crippen LogP contribution < -0.4 is 0 Å². The minimum atomic E-state index is -1.90. The zero-order valence-corrected chi connectivity index (χ0v) is 23.2.